The highest BCUT2D eigenvalue weighted by Gasteiger charge is 2.28. The van der Waals surface area contributed by atoms with E-state index in [1.54, 1.807) is 30.5 Å². The molecule has 3 rings (SSSR count). The molecule has 2 aromatic rings. The van der Waals surface area contributed by atoms with Gasteiger partial charge in [0, 0.05) is 35.6 Å². The maximum Gasteiger partial charge on any atom is 0.199 e. The number of carbonyl (C=O) groups is 1. The van der Waals surface area contributed by atoms with E-state index in [1.165, 1.54) is 6.20 Å². The molecule has 1 heterocycles. The van der Waals surface area contributed by atoms with Crippen LogP contribution < -0.4 is 5.32 Å². The Balaban J connectivity index is 1.99. The number of nitrogens with zero attached hydrogens (tertiary/aromatic N) is 1. The van der Waals surface area contributed by atoms with Crippen LogP contribution in [0.2, 0.25) is 5.02 Å². The summed E-state index contributed by atoms with van der Waals surface area (Å²) in [4.78, 5) is 16.5. The summed E-state index contributed by atoms with van der Waals surface area (Å²) >= 11 is 6.11. The fourth-order valence-corrected chi connectivity index (χ4v) is 2.88. The minimum atomic E-state index is -0.536. The predicted molar refractivity (Wildman–Crippen MR) is 88.3 cm³/mol. The summed E-state index contributed by atoms with van der Waals surface area (Å²) in [5.41, 5.74) is 0.748. The van der Waals surface area contributed by atoms with Crippen molar-refractivity contribution in [1.29, 1.82) is 0 Å². The van der Waals surface area contributed by atoms with E-state index in [4.69, 9.17) is 11.6 Å². The minimum absolute atomic E-state index is 0.0757. The first kappa shape index (κ1) is 16.1. The molecular formula is C18H18ClFN2O. The third-order valence-corrected chi connectivity index (χ3v) is 4.38. The largest absolute Gasteiger partial charge is 0.307 e. The van der Waals surface area contributed by atoms with Crippen LogP contribution in [-0.4, -0.2) is 16.8 Å². The van der Waals surface area contributed by atoms with Gasteiger partial charge >= 0.3 is 0 Å². The number of carbonyl (C=O) groups excluding carboxylic acids is 1. The molecule has 0 aliphatic heterocycles. The van der Waals surface area contributed by atoms with Crippen LogP contribution in [0.3, 0.4) is 0 Å². The van der Waals surface area contributed by atoms with Gasteiger partial charge in [-0.05, 0) is 37.5 Å². The van der Waals surface area contributed by atoms with Crippen molar-refractivity contribution in [2.75, 3.05) is 0 Å². The molecule has 0 spiro atoms. The molecule has 1 unspecified atom stereocenters. The van der Waals surface area contributed by atoms with Crippen molar-refractivity contribution in [3.63, 3.8) is 0 Å². The van der Waals surface area contributed by atoms with Crippen molar-refractivity contribution in [2.24, 2.45) is 0 Å². The number of hydrogen-bond acceptors (Lipinski definition) is 3. The molecular weight excluding hydrogens is 315 g/mol. The van der Waals surface area contributed by atoms with Crippen molar-refractivity contribution in [1.82, 2.24) is 10.3 Å². The highest BCUT2D eigenvalue weighted by molar-refractivity contribution is 6.35. The third-order valence-electron chi connectivity index (χ3n) is 4.07. The molecule has 3 nitrogen and oxygen atoms in total. The molecule has 1 aliphatic carbocycles. The van der Waals surface area contributed by atoms with Crippen LogP contribution in [0.25, 0.3) is 0 Å². The normalized spacial score (nSPS) is 15.4. The van der Waals surface area contributed by atoms with E-state index in [-0.39, 0.29) is 16.6 Å². The Labute approximate surface area is 139 Å². The zero-order valence-electron chi connectivity index (χ0n) is 12.9. The van der Waals surface area contributed by atoms with Gasteiger partial charge < -0.3 is 5.32 Å². The second-order valence-electron chi connectivity index (χ2n) is 5.80. The van der Waals surface area contributed by atoms with Gasteiger partial charge in [0.15, 0.2) is 5.78 Å². The number of nitrogens with one attached hydrogen (secondary N) is 1. The van der Waals surface area contributed by atoms with Gasteiger partial charge in [-0.2, -0.15) is 0 Å². The van der Waals surface area contributed by atoms with E-state index < -0.39 is 11.6 Å². The van der Waals surface area contributed by atoms with E-state index in [0.717, 1.165) is 19.3 Å². The van der Waals surface area contributed by atoms with Crippen LogP contribution in [0.15, 0.2) is 36.7 Å². The van der Waals surface area contributed by atoms with Crippen LogP contribution in [0.5, 0.6) is 0 Å². The Bertz CT molecular complexity index is 716. The summed E-state index contributed by atoms with van der Waals surface area (Å²) in [7, 11) is 0. The Hall–Kier alpha value is -1.78. The van der Waals surface area contributed by atoms with Crippen LogP contribution in [0, 0.1) is 5.82 Å². The van der Waals surface area contributed by atoms with E-state index >= 15 is 4.39 Å². The van der Waals surface area contributed by atoms with Crippen LogP contribution in [-0.2, 0) is 0 Å². The summed E-state index contributed by atoms with van der Waals surface area (Å²) < 4.78 is 15.0. The monoisotopic (exact) mass is 332 g/mol. The topological polar surface area (TPSA) is 42.0 Å². The molecule has 1 aliphatic rings. The molecule has 1 saturated carbocycles. The van der Waals surface area contributed by atoms with Crippen molar-refractivity contribution in [2.45, 2.75) is 38.3 Å². The first-order chi connectivity index (χ1) is 11.1. The second-order valence-corrected chi connectivity index (χ2v) is 6.21. The highest BCUT2D eigenvalue weighted by Crippen LogP contribution is 2.32. The zero-order valence-corrected chi connectivity index (χ0v) is 13.6. The predicted octanol–water partition coefficient (Wildman–Crippen LogP) is 4.31. The summed E-state index contributed by atoms with van der Waals surface area (Å²) in [6.07, 6.45) is 5.97. The molecule has 1 aromatic carbocycles. The van der Waals surface area contributed by atoms with E-state index in [1.807, 2.05) is 6.92 Å². The van der Waals surface area contributed by atoms with Crippen molar-refractivity contribution < 1.29 is 9.18 Å². The fraction of sp³-hybridized carbons (Fsp3) is 0.333. The summed E-state index contributed by atoms with van der Waals surface area (Å²) in [6, 6.07) is 6.86. The van der Waals surface area contributed by atoms with E-state index in [9.17, 15) is 4.79 Å². The number of ketones is 1. The smallest absolute Gasteiger partial charge is 0.199 e. The minimum Gasteiger partial charge on any atom is -0.307 e. The van der Waals surface area contributed by atoms with Gasteiger partial charge in [0.2, 0.25) is 0 Å². The third kappa shape index (κ3) is 3.43. The first-order valence-electron chi connectivity index (χ1n) is 7.80. The quantitative estimate of drug-likeness (QED) is 0.801. The lowest BCUT2D eigenvalue weighted by molar-refractivity contribution is 0.103. The Morgan fingerprint density at radius 3 is 2.83 bits per heavy atom. The van der Waals surface area contributed by atoms with Gasteiger partial charge in [-0.15, -0.1) is 0 Å². The molecule has 1 N–H and O–H groups in total. The zero-order chi connectivity index (χ0) is 16.4. The number of hydrogen-bond donors (Lipinski definition) is 1. The van der Waals surface area contributed by atoms with E-state index in [0.29, 0.717) is 17.2 Å². The van der Waals surface area contributed by atoms with E-state index in [2.05, 4.69) is 10.3 Å². The average molecular weight is 333 g/mol. The SMILES string of the molecule is CCC(NC1CC1)c1ccc(Cl)c(C(=O)c2cccnc2)c1F. The summed E-state index contributed by atoms with van der Waals surface area (Å²) in [5.74, 6) is -0.977. The highest BCUT2D eigenvalue weighted by atomic mass is 35.5. The average Bonchev–Trinajstić information content (AvgIpc) is 3.38. The van der Waals surface area contributed by atoms with Crippen LogP contribution in [0.1, 0.15) is 53.7 Å². The van der Waals surface area contributed by atoms with Crippen molar-refractivity contribution in [3.8, 4) is 0 Å². The Morgan fingerprint density at radius 2 is 2.22 bits per heavy atom. The number of rotatable bonds is 6. The maximum absolute atomic E-state index is 15.0. The lowest BCUT2D eigenvalue weighted by Crippen LogP contribution is -2.24. The summed E-state index contributed by atoms with van der Waals surface area (Å²) in [5, 5.41) is 3.54. The van der Waals surface area contributed by atoms with Crippen molar-refractivity contribution >= 4 is 17.4 Å². The molecule has 23 heavy (non-hydrogen) atoms. The molecule has 0 saturated heterocycles. The number of halogens is 2. The summed E-state index contributed by atoms with van der Waals surface area (Å²) in [6.45, 7) is 2.00. The standard InChI is InChI=1S/C18H18ClFN2O/c1-2-15(22-12-5-6-12)13-7-8-14(19)16(17(13)20)18(23)11-4-3-9-21-10-11/h3-4,7-10,12,15,22H,2,5-6H2,1H3. The molecule has 5 heteroatoms. The molecule has 0 amide bonds. The van der Waals surface area contributed by atoms with Crippen LogP contribution >= 0.6 is 11.6 Å². The van der Waals surface area contributed by atoms with Crippen LogP contribution in [0.4, 0.5) is 4.39 Å². The molecule has 1 aromatic heterocycles. The number of aromatic nitrogens is 1. The molecule has 1 fully saturated rings. The van der Waals surface area contributed by atoms with Gasteiger partial charge in [0.1, 0.15) is 5.82 Å². The second kappa shape index (κ2) is 6.77. The van der Waals surface area contributed by atoms with Gasteiger partial charge in [0.05, 0.1) is 10.6 Å². The number of pyridine rings is 1. The fourth-order valence-electron chi connectivity index (χ4n) is 2.65. The van der Waals surface area contributed by atoms with Crippen molar-refractivity contribution in [3.05, 3.63) is 64.2 Å². The molecule has 0 radical (unpaired) electrons. The first-order valence-corrected chi connectivity index (χ1v) is 8.18. The molecule has 1 atom stereocenters. The van der Waals surface area contributed by atoms with Gasteiger partial charge in [-0.3, -0.25) is 9.78 Å². The lowest BCUT2D eigenvalue weighted by Gasteiger charge is -2.19. The Kier molecular flexibility index (Phi) is 4.74. The van der Waals surface area contributed by atoms with Gasteiger partial charge in [-0.1, -0.05) is 24.6 Å². The van der Waals surface area contributed by atoms with Gasteiger partial charge in [-0.25, -0.2) is 4.39 Å². The lowest BCUT2D eigenvalue weighted by atomic mass is 9.96. The number of benzene rings is 1. The maximum atomic E-state index is 15.0. The van der Waals surface area contributed by atoms with Gasteiger partial charge in [0.25, 0.3) is 0 Å². The molecule has 0 bridgehead atoms. The Morgan fingerprint density at radius 1 is 1.43 bits per heavy atom. The molecule has 120 valence electrons.